The van der Waals surface area contributed by atoms with Gasteiger partial charge >= 0.3 is 0 Å². The number of rotatable bonds is 2. The van der Waals surface area contributed by atoms with E-state index in [4.69, 9.17) is 9.47 Å². The summed E-state index contributed by atoms with van der Waals surface area (Å²) in [5, 5.41) is 0.789. The lowest BCUT2D eigenvalue weighted by Gasteiger charge is -2.39. The maximum atomic E-state index is 12.6. The molecule has 1 fully saturated rings. The Labute approximate surface area is 180 Å². The molecule has 154 valence electrons. The molecule has 0 saturated carbocycles. The third-order valence-electron chi connectivity index (χ3n) is 6.16. The summed E-state index contributed by atoms with van der Waals surface area (Å²) in [6, 6.07) is 12.2. The molecular formula is C23H23N3O3S. The molecule has 4 heterocycles. The van der Waals surface area contributed by atoms with E-state index in [0.29, 0.717) is 17.4 Å². The molecule has 3 aliphatic heterocycles. The predicted octanol–water partition coefficient (Wildman–Crippen LogP) is 3.97. The fraction of sp³-hybridized carbons (Fsp3) is 0.348. The Kier molecular flexibility index (Phi) is 4.87. The van der Waals surface area contributed by atoms with Crippen LogP contribution in [0.25, 0.3) is 5.57 Å². The summed E-state index contributed by atoms with van der Waals surface area (Å²) in [6.45, 7) is 4.27. The van der Waals surface area contributed by atoms with Crippen molar-refractivity contribution in [2.24, 2.45) is 4.99 Å². The summed E-state index contributed by atoms with van der Waals surface area (Å²) in [5.41, 5.74) is 4.22. The summed E-state index contributed by atoms with van der Waals surface area (Å²) in [4.78, 5) is 24.1. The minimum absolute atomic E-state index is 0.175. The van der Waals surface area contributed by atoms with Crippen LogP contribution in [0.3, 0.4) is 0 Å². The quantitative estimate of drug-likeness (QED) is 0.684. The van der Waals surface area contributed by atoms with E-state index >= 15 is 0 Å². The van der Waals surface area contributed by atoms with Crippen molar-refractivity contribution in [2.45, 2.75) is 32.0 Å². The van der Waals surface area contributed by atoms with Gasteiger partial charge in [-0.05, 0) is 59.9 Å². The molecule has 3 aliphatic rings. The monoisotopic (exact) mass is 421 g/mol. The van der Waals surface area contributed by atoms with Crippen LogP contribution in [0.15, 0.2) is 52.5 Å². The van der Waals surface area contributed by atoms with E-state index in [1.165, 1.54) is 22.9 Å². The lowest BCUT2D eigenvalue weighted by atomic mass is 9.84. The fourth-order valence-electron chi connectivity index (χ4n) is 4.38. The predicted molar refractivity (Wildman–Crippen MR) is 117 cm³/mol. The van der Waals surface area contributed by atoms with Gasteiger partial charge in [-0.3, -0.25) is 4.79 Å². The van der Waals surface area contributed by atoms with E-state index in [-0.39, 0.29) is 11.5 Å². The van der Waals surface area contributed by atoms with Gasteiger partial charge in [-0.2, -0.15) is 4.99 Å². The van der Waals surface area contributed by atoms with Gasteiger partial charge in [-0.15, -0.1) is 0 Å². The van der Waals surface area contributed by atoms with Gasteiger partial charge in [0.05, 0.1) is 24.2 Å². The topological polar surface area (TPSA) is 64.0 Å². The Bertz CT molecular complexity index is 1050. The van der Waals surface area contributed by atoms with Crippen LogP contribution in [-0.4, -0.2) is 41.2 Å². The minimum atomic E-state index is -0.190. The number of ether oxygens (including phenoxy) is 2. The average molecular weight is 422 g/mol. The average Bonchev–Trinajstić information content (AvgIpc) is 3.35. The first-order valence-corrected chi connectivity index (χ1v) is 10.9. The highest BCUT2D eigenvalue weighted by Gasteiger charge is 2.43. The maximum absolute atomic E-state index is 12.6. The first kappa shape index (κ1) is 19.3. The summed E-state index contributed by atoms with van der Waals surface area (Å²) in [6.07, 6.45) is 3.53. The number of fused-ring (bicyclic) bond motifs is 2. The number of piperidine rings is 1. The highest BCUT2D eigenvalue weighted by molar-refractivity contribution is 8.18. The molecule has 0 aliphatic carbocycles. The first-order valence-electron chi connectivity index (χ1n) is 10.1. The minimum Gasteiger partial charge on any atom is -0.481 e. The molecule has 0 atom stereocenters. The van der Waals surface area contributed by atoms with Crippen molar-refractivity contribution in [2.75, 3.05) is 20.2 Å². The zero-order valence-corrected chi connectivity index (χ0v) is 17.9. The van der Waals surface area contributed by atoms with Gasteiger partial charge in [0.1, 0.15) is 0 Å². The third kappa shape index (κ3) is 3.22. The summed E-state index contributed by atoms with van der Waals surface area (Å²) in [5.74, 6) is 0.378. The van der Waals surface area contributed by atoms with Crippen LogP contribution in [-0.2, 0) is 21.7 Å². The van der Waals surface area contributed by atoms with E-state index in [1.54, 1.807) is 19.4 Å². The van der Waals surface area contributed by atoms with Gasteiger partial charge in [-0.25, -0.2) is 4.98 Å². The van der Waals surface area contributed by atoms with E-state index < -0.39 is 0 Å². The molecule has 1 amide bonds. The highest BCUT2D eigenvalue weighted by Crippen LogP contribution is 2.45. The van der Waals surface area contributed by atoms with Crippen LogP contribution >= 0.6 is 11.8 Å². The lowest BCUT2D eigenvalue weighted by molar-refractivity contribution is -0.113. The number of nitrogens with zero attached hydrogens (tertiary/aromatic N) is 3. The molecule has 2 aromatic rings. The smallest absolute Gasteiger partial charge is 0.286 e. The summed E-state index contributed by atoms with van der Waals surface area (Å²) >= 11 is 1.46. The molecule has 0 bridgehead atoms. The molecule has 1 aromatic carbocycles. The molecule has 1 saturated heterocycles. The third-order valence-corrected chi connectivity index (χ3v) is 7.37. The van der Waals surface area contributed by atoms with E-state index in [0.717, 1.165) is 42.2 Å². The Morgan fingerprint density at radius 3 is 2.73 bits per heavy atom. The molecule has 5 rings (SSSR count). The lowest BCUT2D eigenvalue weighted by Crippen LogP contribution is -2.44. The van der Waals surface area contributed by atoms with E-state index in [1.807, 2.05) is 13.0 Å². The molecule has 0 unspecified atom stereocenters. The first-order chi connectivity index (χ1) is 14.6. The molecule has 30 heavy (non-hydrogen) atoms. The number of carbonyl (C=O) groups excluding carboxylic acids is 1. The van der Waals surface area contributed by atoms with Crippen LogP contribution in [0.5, 0.6) is 5.88 Å². The van der Waals surface area contributed by atoms with Crippen molar-refractivity contribution in [1.29, 1.82) is 0 Å². The molecular weight excluding hydrogens is 398 g/mol. The second-order valence-electron chi connectivity index (χ2n) is 7.77. The Hall–Kier alpha value is -2.64. The van der Waals surface area contributed by atoms with Crippen molar-refractivity contribution >= 4 is 28.4 Å². The Morgan fingerprint density at radius 2 is 2.00 bits per heavy atom. The van der Waals surface area contributed by atoms with Crippen molar-refractivity contribution in [3.05, 3.63) is 64.2 Å². The summed E-state index contributed by atoms with van der Waals surface area (Å²) in [7, 11) is 1.59. The van der Waals surface area contributed by atoms with Crippen LogP contribution in [0.1, 0.15) is 36.5 Å². The number of hydrogen-bond donors (Lipinski definition) is 0. The number of aliphatic imine (C=N–C) groups is 1. The van der Waals surface area contributed by atoms with Crippen LogP contribution in [0.2, 0.25) is 0 Å². The van der Waals surface area contributed by atoms with Crippen molar-refractivity contribution in [3.63, 3.8) is 0 Å². The number of carbonyl (C=O) groups is 1. The second kappa shape index (κ2) is 7.56. The largest absolute Gasteiger partial charge is 0.481 e. The number of amidine groups is 1. The second-order valence-corrected chi connectivity index (χ2v) is 8.75. The fourth-order valence-corrected chi connectivity index (χ4v) is 5.41. The molecule has 1 aromatic heterocycles. The molecule has 7 heteroatoms. The number of thioether (sulfide) groups is 1. The van der Waals surface area contributed by atoms with Gasteiger partial charge in [0, 0.05) is 25.4 Å². The zero-order valence-electron chi connectivity index (χ0n) is 17.1. The molecule has 6 nitrogen and oxygen atoms in total. The SMILES string of the molecule is COc1ccc(C(C)=C2SC(N3CCC4(CC3)OCc3ccccc34)=NC2=O)cn1. The van der Waals surface area contributed by atoms with Crippen LogP contribution < -0.4 is 4.74 Å². The standard InChI is InChI=1S/C23H23N3O3S/c1-15(16-7-8-19(28-2)24-13-16)20-21(27)25-22(30-20)26-11-9-23(10-12-26)18-6-4-3-5-17(18)14-29-23/h3-8,13H,9-12,14H2,1-2H3. The normalized spacial score (nSPS) is 21.6. The maximum Gasteiger partial charge on any atom is 0.286 e. The molecule has 0 radical (unpaired) electrons. The number of hydrogen-bond acceptors (Lipinski definition) is 6. The van der Waals surface area contributed by atoms with E-state index in [9.17, 15) is 4.79 Å². The Balaban J connectivity index is 1.30. The van der Waals surface area contributed by atoms with E-state index in [2.05, 4.69) is 39.1 Å². The Morgan fingerprint density at radius 1 is 1.20 bits per heavy atom. The summed E-state index contributed by atoms with van der Waals surface area (Å²) < 4.78 is 11.4. The number of likely N-dealkylation sites (tertiary alicyclic amines) is 1. The number of aromatic nitrogens is 1. The number of pyridine rings is 1. The van der Waals surface area contributed by atoms with Gasteiger partial charge in [0.15, 0.2) is 5.17 Å². The van der Waals surface area contributed by atoms with Gasteiger partial charge in [-0.1, -0.05) is 24.3 Å². The van der Waals surface area contributed by atoms with Gasteiger partial charge in [0.2, 0.25) is 5.88 Å². The van der Waals surface area contributed by atoms with Crippen molar-refractivity contribution in [3.8, 4) is 5.88 Å². The van der Waals surface area contributed by atoms with Crippen LogP contribution in [0.4, 0.5) is 0 Å². The number of methoxy groups -OCH3 is 1. The van der Waals surface area contributed by atoms with Crippen molar-refractivity contribution < 1.29 is 14.3 Å². The van der Waals surface area contributed by atoms with Gasteiger partial charge < -0.3 is 14.4 Å². The van der Waals surface area contributed by atoms with Gasteiger partial charge in [0.25, 0.3) is 5.91 Å². The molecule has 1 spiro atoms. The number of allylic oxidation sites excluding steroid dienone is 1. The number of amides is 1. The number of benzene rings is 1. The van der Waals surface area contributed by atoms with Crippen molar-refractivity contribution in [1.82, 2.24) is 9.88 Å². The highest BCUT2D eigenvalue weighted by atomic mass is 32.2. The molecule has 0 N–H and O–H groups in total. The zero-order chi connectivity index (χ0) is 20.7. The van der Waals surface area contributed by atoms with Crippen LogP contribution in [0, 0.1) is 0 Å².